The third-order valence-corrected chi connectivity index (χ3v) is 2.80. The molecule has 1 N–H and O–H groups in total. The highest BCUT2D eigenvalue weighted by molar-refractivity contribution is 6.43. The SMILES string of the molecule is OCCCCOc1cc(Cl)c(Cl)cc1Cl. The van der Waals surface area contributed by atoms with E-state index in [9.17, 15) is 0 Å². The number of rotatable bonds is 5. The van der Waals surface area contributed by atoms with Crippen LogP contribution in [0, 0.1) is 0 Å². The van der Waals surface area contributed by atoms with Crippen molar-refractivity contribution in [3.63, 3.8) is 0 Å². The molecule has 0 fully saturated rings. The second-order valence-corrected chi connectivity index (χ2v) is 4.20. The van der Waals surface area contributed by atoms with Gasteiger partial charge in [-0.2, -0.15) is 0 Å². The van der Waals surface area contributed by atoms with E-state index in [-0.39, 0.29) is 6.61 Å². The summed E-state index contributed by atoms with van der Waals surface area (Å²) in [6.45, 7) is 0.663. The summed E-state index contributed by atoms with van der Waals surface area (Å²) in [5.41, 5.74) is 0. The summed E-state index contributed by atoms with van der Waals surface area (Å²) in [6.07, 6.45) is 1.48. The number of benzene rings is 1. The Bertz CT molecular complexity index is 329. The maximum atomic E-state index is 8.58. The minimum atomic E-state index is 0.165. The fourth-order valence-electron chi connectivity index (χ4n) is 1.01. The average molecular weight is 270 g/mol. The number of hydrogen-bond donors (Lipinski definition) is 1. The third-order valence-electron chi connectivity index (χ3n) is 1.78. The third kappa shape index (κ3) is 4.07. The van der Waals surface area contributed by atoms with Crippen LogP contribution in [0.15, 0.2) is 12.1 Å². The molecule has 0 bridgehead atoms. The van der Waals surface area contributed by atoms with Gasteiger partial charge in [-0.25, -0.2) is 0 Å². The van der Waals surface area contributed by atoms with E-state index in [1.54, 1.807) is 12.1 Å². The predicted molar refractivity (Wildman–Crippen MR) is 63.3 cm³/mol. The van der Waals surface area contributed by atoms with E-state index in [2.05, 4.69) is 0 Å². The van der Waals surface area contributed by atoms with E-state index in [0.29, 0.717) is 33.8 Å². The molecule has 1 rings (SSSR count). The Morgan fingerprint density at radius 2 is 1.67 bits per heavy atom. The molecule has 0 unspecified atom stereocenters. The first kappa shape index (κ1) is 12.9. The highest BCUT2D eigenvalue weighted by Gasteiger charge is 2.06. The zero-order valence-corrected chi connectivity index (χ0v) is 10.2. The number of halogens is 3. The van der Waals surface area contributed by atoms with Gasteiger partial charge in [-0.05, 0) is 18.9 Å². The van der Waals surface area contributed by atoms with Crippen molar-refractivity contribution in [3.05, 3.63) is 27.2 Å². The van der Waals surface area contributed by atoms with Crippen molar-refractivity contribution in [2.24, 2.45) is 0 Å². The molecule has 1 aromatic carbocycles. The second-order valence-electron chi connectivity index (χ2n) is 2.98. The van der Waals surface area contributed by atoms with E-state index < -0.39 is 0 Å². The van der Waals surface area contributed by atoms with E-state index in [4.69, 9.17) is 44.6 Å². The maximum absolute atomic E-state index is 8.58. The summed E-state index contributed by atoms with van der Waals surface area (Å²) < 4.78 is 5.39. The van der Waals surface area contributed by atoms with Crippen molar-refractivity contribution >= 4 is 34.8 Å². The lowest BCUT2D eigenvalue weighted by Gasteiger charge is -2.08. The van der Waals surface area contributed by atoms with Crippen LogP contribution in [0.3, 0.4) is 0 Å². The molecule has 5 heteroatoms. The highest BCUT2D eigenvalue weighted by Crippen LogP contribution is 2.33. The quantitative estimate of drug-likeness (QED) is 0.651. The molecule has 0 amide bonds. The Morgan fingerprint density at radius 3 is 2.33 bits per heavy atom. The fourth-order valence-corrected chi connectivity index (χ4v) is 1.60. The van der Waals surface area contributed by atoms with Crippen LogP contribution in [0.5, 0.6) is 5.75 Å². The van der Waals surface area contributed by atoms with Gasteiger partial charge in [0.25, 0.3) is 0 Å². The Balaban J connectivity index is 2.57. The average Bonchev–Trinajstić information content (AvgIpc) is 2.20. The van der Waals surface area contributed by atoms with Gasteiger partial charge in [0.2, 0.25) is 0 Å². The lowest BCUT2D eigenvalue weighted by atomic mass is 10.3. The topological polar surface area (TPSA) is 29.5 Å². The zero-order valence-electron chi connectivity index (χ0n) is 7.97. The molecule has 15 heavy (non-hydrogen) atoms. The number of unbranched alkanes of at least 4 members (excludes halogenated alkanes) is 1. The van der Waals surface area contributed by atoms with Crippen LogP contribution in [0.4, 0.5) is 0 Å². The Labute approximate surface area is 104 Å². The van der Waals surface area contributed by atoms with Crippen LogP contribution in [0.1, 0.15) is 12.8 Å². The van der Waals surface area contributed by atoms with Gasteiger partial charge < -0.3 is 9.84 Å². The molecule has 1 aromatic rings. The van der Waals surface area contributed by atoms with Gasteiger partial charge in [-0.1, -0.05) is 34.8 Å². The van der Waals surface area contributed by atoms with Gasteiger partial charge in [0.15, 0.2) is 0 Å². The molecule has 0 spiro atoms. The highest BCUT2D eigenvalue weighted by atomic mass is 35.5. The second kappa shape index (κ2) is 6.44. The van der Waals surface area contributed by atoms with Crippen molar-refractivity contribution in [2.75, 3.05) is 13.2 Å². The number of hydrogen-bond acceptors (Lipinski definition) is 2. The van der Waals surface area contributed by atoms with Crippen molar-refractivity contribution in [1.82, 2.24) is 0 Å². The summed E-state index contributed by atoms with van der Waals surface area (Å²) in [5.74, 6) is 0.518. The molecule has 0 saturated carbocycles. The summed E-state index contributed by atoms with van der Waals surface area (Å²) in [6, 6.07) is 3.14. The summed E-state index contributed by atoms with van der Waals surface area (Å²) in [7, 11) is 0. The van der Waals surface area contributed by atoms with Crippen molar-refractivity contribution in [2.45, 2.75) is 12.8 Å². The normalized spacial score (nSPS) is 10.4. The minimum absolute atomic E-state index is 0.165. The Kier molecular flexibility index (Phi) is 5.54. The van der Waals surface area contributed by atoms with Crippen molar-refractivity contribution < 1.29 is 9.84 Å². The molecule has 0 aliphatic heterocycles. The van der Waals surface area contributed by atoms with Crippen molar-refractivity contribution in [3.8, 4) is 5.75 Å². The standard InChI is InChI=1S/C10H11Cl3O2/c11-7-5-9(13)10(6-8(7)12)15-4-2-1-3-14/h5-6,14H,1-4H2. The summed E-state index contributed by atoms with van der Waals surface area (Å²) in [5, 5.41) is 9.84. The van der Waals surface area contributed by atoms with Crippen LogP contribution in [-0.2, 0) is 0 Å². The van der Waals surface area contributed by atoms with Crippen LogP contribution < -0.4 is 4.74 Å². The minimum Gasteiger partial charge on any atom is -0.492 e. The summed E-state index contributed by atoms with van der Waals surface area (Å²) in [4.78, 5) is 0. The first-order valence-corrected chi connectivity index (χ1v) is 5.66. The molecule has 0 atom stereocenters. The molecule has 0 aromatic heterocycles. The first-order valence-electron chi connectivity index (χ1n) is 4.53. The van der Waals surface area contributed by atoms with E-state index in [0.717, 1.165) is 6.42 Å². The predicted octanol–water partition coefficient (Wildman–Crippen LogP) is 3.80. The largest absolute Gasteiger partial charge is 0.492 e. The number of aliphatic hydroxyl groups is 1. The molecule has 0 radical (unpaired) electrons. The molecule has 0 aliphatic carbocycles. The molecule has 84 valence electrons. The lowest BCUT2D eigenvalue weighted by molar-refractivity contribution is 0.253. The molecular formula is C10H11Cl3O2. The van der Waals surface area contributed by atoms with E-state index in [1.165, 1.54) is 0 Å². The van der Waals surface area contributed by atoms with Crippen LogP contribution in [0.2, 0.25) is 15.1 Å². The molecule has 0 saturated heterocycles. The van der Waals surface area contributed by atoms with Gasteiger partial charge in [-0.3, -0.25) is 0 Å². The Hall–Kier alpha value is -0.150. The number of aliphatic hydroxyl groups excluding tert-OH is 1. The van der Waals surface area contributed by atoms with E-state index >= 15 is 0 Å². The van der Waals surface area contributed by atoms with E-state index in [1.807, 2.05) is 0 Å². The fraction of sp³-hybridized carbons (Fsp3) is 0.400. The zero-order chi connectivity index (χ0) is 11.3. The maximum Gasteiger partial charge on any atom is 0.139 e. The van der Waals surface area contributed by atoms with Gasteiger partial charge in [0, 0.05) is 12.7 Å². The van der Waals surface area contributed by atoms with Gasteiger partial charge in [-0.15, -0.1) is 0 Å². The van der Waals surface area contributed by atoms with Crippen molar-refractivity contribution in [1.29, 1.82) is 0 Å². The first-order chi connectivity index (χ1) is 7.15. The summed E-state index contributed by atoms with van der Waals surface area (Å²) >= 11 is 17.5. The van der Waals surface area contributed by atoms with Gasteiger partial charge in [0.05, 0.1) is 21.7 Å². The molecule has 2 nitrogen and oxygen atoms in total. The van der Waals surface area contributed by atoms with Crippen LogP contribution in [0.25, 0.3) is 0 Å². The Morgan fingerprint density at radius 1 is 1.00 bits per heavy atom. The smallest absolute Gasteiger partial charge is 0.139 e. The number of ether oxygens (including phenoxy) is 1. The van der Waals surface area contributed by atoms with Crippen LogP contribution in [-0.4, -0.2) is 18.3 Å². The molecule has 0 aliphatic rings. The lowest BCUT2D eigenvalue weighted by Crippen LogP contribution is -1.99. The monoisotopic (exact) mass is 268 g/mol. The molecule has 0 heterocycles. The van der Waals surface area contributed by atoms with Gasteiger partial charge in [0.1, 0.15) is 5.75 Å². The molecular weight excluding hydrogens is 258 g/mol. The van der Waals surface area contributed by atoms with Gasteiger partial charge >= 0.3 is 0 Å². The van der Waals surface area contributed by atoms with Crippen LogP contribution >= 0.6 is 34.8 Å².